The van der Waals surface area contributed by atoms with Gasteiger partial charge in [0.25, 0.3) is 0 Å². The molecular weight excluding hydrogens is 534 g/mol. The van der Waals surface area contributed by atoms with E-state index < -0.39 is 17.3 Å². The summed E-state index contributed by atoms with van der Waals surface area (Å²) in [5.74, 6) is 0.558. The van der Waals surface area contributed by atoms with E-state index in [0.717, 1.165) is 43.2 Å². The van der Waals surface area contributed by atoms with Gasteiger partial charge in [-0.2, -0.15) is 0 Å². The maximum absolute atomic E-state index is 13.0. The van der Waals surface area contributed by atoms with E-state index in [2.05, 4.69) is 10.3 Å². The highest BCUT2D eigenvalue weighted by molar-refractivity contribution is 5.91. The summed E-state index contributed by atoms with van der Waals surface area (Å²) in [6.07, 6.45) is 6.55. The zero-order chi connectivity index (χ0) is 30.2. The highest BCUT2D eigenvalue weighted by Gasteiger charge is 2.44. The molecule has 0 bridgehead atoms. The number of ether oxygens (including phenoxy) is 1. The van der Waals surface area contributed by atoms with E-state index in [0.29, 0.717) is 17.9 Å². The summed E-state index contributed by atoms with van der Waals surface area (Å²) in [5.41, 5.74) is 0.0907. The van der Waals surface area contributed by atoms with Crippen molar-refractivity contribution in [1.29, 1.82) is 0 Å². The minimum Gasteiger partial charge on any atom is -0.444 e. The maximum Gasteiger partial charge on any atom is 0.410 e. The Morgan fingerprint density at radius 3 is 2.36 bits per heavy atom. The number of benzene rings is 2. The van der Waals surface area contributed by atoms with Crippen molar-refractivity contribution in [3.63, 3.8) is 0 Å². The van der Waals surface area contributed by atoms with Crippen LogP contribution in [0.25, 0.3) is 0 Å². The lowest BCUT2D eigenvalue weighted by atomic mass is 9.73. The van der Waals surface area contributed by atoms with Crippen LogP contribution >= 0.6 is 0 Å². The number of amides is 2. The number of anilines is 1. The lowest BCUT2D eigenvalue weighted by Gasteiger charge is -2.36. The van der Waals surface area contributed by atoms with Crippen LogP contribution in [0.5, 0.6) is 0 Å². The third-order valence-electron chi connectivity index (χ3n) is 7.60. The summed E-state index contributed by atoms with van der Waals surface area (Å²) in [5, 5.41) is 24.1. The van der Waals surface area contributed by atoms with E-state index in [1.54, 1.807) is 51.2 Å². The highest BCUT2D eigenvalue weighted by Crippen LogP contribution is 2.43. The van der Waals surface area contributed by atoms with Crippen molar-refractivity contribution in [1.82, 2.24) is 9.88 Å². The van der Waals surface area contributed by atoms with Crippen molar-refractivity contribution >= 4 is 17.7 Å². The lowest BCUT2D eigenvalue weighted by molar-refractivity contribution is -0.116. The molecule has 1 unspecified atom stereocenters. The minimum atomic E-state index is -1.34. The minimum absolute atomic E-state index is 0.00299. The molecule has 42 heavy (non-hydrogen) atoms. The molecule has 0 aliphatic heterocycles. The maximum atomic E-state index is 13.0. The van der Waals surface area contributed by atoms with Gasteiger partial charge < -0.3 is 29.6 Å². The van der Waals surface area contributed by atoms with E-state index in [1.807, 2.05) is 30.3 Å². The largest absolute Gasteiger partial charge is 0.444 e. The molecule has 1 aliphatic rings. The van der Waals surface area contributed by atoms with Crippen LogP contribution in [0, 0.1) is 5.92 Å². The molecular formula is C33H43N3O6. The van der Waals surface area contributed by atoms with Gasteiger partial charge in [0.1, 0.15) is 11.4 Å². The second-order valence-corrected chi connectivity index (χ2v) is 12.0. The Hall–Kier alpha value is -3.69. The predicted molar refractivity (Wildman–Crippen MR) is 160 cm³/mol. The average Bonchev–Trinajstić information content (AvgIpc) is 3.46. The molecule has 1 fully saturated rings. The van der Waals surface area contributed by atoms with Crippen LogP contribution in [0.3, 0.4) is 0 Å². The third kappa shape index (κ3) is 8.20. The van der Waals surface area contributed by atoms with Crippen LogP contribution in [-0.4, -0.2) is 50.8 Å². The van der Waals surface area contributed by atoms with Crippen molar-refractivity contribution in [3.8, 4) is 0 Å². The second-order valence-electron chi connectivity index (χ2n) is 12.0. The molecule has 3 aromatic rings. The molecule has 4 rings (SSSR count). The van der Waals surface area contributed by atoms with Crippen LogP contribution in [0.15, 0.2) is 65.2 Å². The molecule has 1 aliphatic carbocycles. The molecule has 1 saturated carbocycles. The number of aromatic nitrogens is 1. The number of oxazole rings is 1. The van der Waals surface area contributed by atoms with Crippen molar-refractivity contribution in [3.05, 3.63) is 83.6 Å². The van der Waals surface area contributed by atoms with Gasteiger partial charge in [-0.25, -0.2) is 9.78 Å². The fourth-order valence-corrected chi connectivity index (χ4v) is 5.37. The Morgan fingerprint density at radius 2 is 1.71 bits per heavy atom. The molecule has 1 heterocycles. The van der Waals surface area contributed by atoms with Gasteiger partial charge in [0, 0.05) is 37.5 Å². The van der Waals surface area contributed by atoms with Crippen molar-refractivity contribution < 1.29 is 29.0 Å². The van der Waals surface area contributed by atoms with E-state index >= 15 is 0 Å². The zero-order valence-corrected chi connectivity index (χ0v) is 24.8. The Bertz CT molecular complexity index is 1300. The van der Waals surface area contributed by atoms with Gasteiger partial charge in [0.2, 0.25) is 11.8 Å². The number of hydrogen-bond donors (Lipinski definition) is 3. The molecule has 226 valence electrons. The summed E-state index contributed by atoms with van der Waals surface area (Å²) < 4.78 is 11.8. The molecule has 2 amide bonds. The van der Waals surface area contributed by atoms with Gasteiger partial charge in [-0.15, -0.1) is 0 Å². The summed E-state index contributed by atoms with van der Waals surface area (Å²) >= 11 is 0. The van der Waals surface area contributed by atoms with E-state index in [4.69, 9.17) is 9.15 Å². The van der Waals surface area contributed by atoms with Gasteiger partial charge in [0.05, 0.1) is 12.8 Å². The molecule has 0 radical (unpaired) electrons. The Kier molecular flexibility index (Phi) is 10.4. The fraction of sp³-hybridized carbons (Fsp3) is 0.485. The number of carbonyl (C=O) groups is 2. The number of aliphatic hydroxyl groups excluding tert-OH is 1. The van der Waals surface area contributed by atoms with Crippen molar-refractivity contribution in [2.24, 2.45) is 5.92 Å². The first-order chi connectivity index (χ1) is 20.1. The summed E-state index contributed by atoms with van der Waals surface area (Å²) in [7, 11) is 0. The molecule has 9 heteroatoms. The highest BCUT2D eigenvalue weighted by atomic mass is 16.6. The van der Waals surface area contributed by atoms with Crippen molar-refractivity contribution in [2.75, 3.05) is 18.4 Å². The van der Waals surface area contributed by atoms with E-state index in [1.165, 1.54) is 4.90 Å². The summed E-state index contributed by atoms with van der Waals surface area (Å²) in [6.45, 7) is 5.71. The molecule has 3 N–H and O–H groups in total. The second kappa shape index (κ2) is 14.0. The number of nitrogens with zero attached hydrogens (tertiary/aromatic N) is 2. The van der Waals surface area contributed by atoms with Crippen LogP contribution in [-0.2, 0) is 28.2 Å². The number of rotatable bonds is 11. The van der Waals surface area contributed by atoms with Crippen LogP contribution in [0.1, 0.15) is 82.1 Å². The Morgan fingerprint density at radius 1 is 1.02 bits per heavy atom. The van der Waals surface area contributed by atoms with E-state index in [9.17, 15) is 19.8 Å². The molecule has 0 spiro atoms. The van der Waals surface area contributed by atoms with Crippen LogP contribution in [0.4, 0.5) is 10.5 Å². The van der Waals surface area contributed by atoms with Gasteiger partial charge in [-0.05, 0) is 56.9 Å². The standard InChI is InChI=1S/C33H43N3O6/c1-32(2,3)42-31(39)36(21-19-29(38)35-27-16-14-24(23-37)15-17-27)20-18-28-22-34-30(41-28)33(40,25-10-6-4-7-11-25)26-12-8-5-9-13-26/h4,6-7,10-11,14-17,22,26,37,40H,5,8-9,12-13,18-21,23H2,1-3H3,(H,35,38). The molecule has 9 nitrogen and oxygen atoms in total. The summed E-state index contributed by atoms with van der Waals surface area (Å²) in [4.78, 5) is 31.7. The zero-order valence-electron chi connectivity index (χ0n) is 24.8. The van der Waals surface area contributed by atoms with Gasteiger partial charge in [-0.1, -0.05) is 61.7 Å². The van der Waals surface area contributed by atoms with Crippen LogP contribution < -0.4 is 5.32 Å². The predicted octanol–water partition coefficient (Wildman–Crippen LogP) is 5.79. The SMILES string of the molecule is CC(C)(C)OC(=O)N(CCC(=O)Nc1ccc(CO)cc1)CCc1cnc(C(O)(c2ccccc2)C2CCCCC2)o1. The molecule has 0 saturated heterocycles. The van der Waals surface area contributed by atoms with Crippen molar-refractivity contribution in [2.45, 2.75) is 83.5 Å². The van der Waals surface area contributed by atoms with Crippen LogP contribution in [0.2, 0.25) is 0 Å². The Labute approximate surface area is 247 Å². The molecule has 1 atom stereocenters. The molecule has 2 aromatic carbocycles. The van der Waals surface area contributed by atoms with Gasteiger partial charge in [0.15, 0.2) is 5.60 Å². The number of nitrogens with one attached hydrogen (secondary N) is 1. The van der Waals surface area contributed by atoms with E-state index in [-0.39, 0.29) is 43.8 Å². The lowest BCUT2D eigenvalue weighted by Crippen LogP contribution is -2.39. The normalized spacial score (nSPS) is 15.5. The number of hydrogen-bond acceptors (Lipinski definition) is 7. The quantitative estimate of drug-likeness (QED) is 0.263. The van der Waals surface area contributed by atoms with Gasteiger partial charge in [-0.3, -0.25) is 4.79 Å². The average molecular weight is 578 g/mol. The monoisotopic (exact) mass is 577 g/mol. The number of aliphatic hydroxyl groups is 2. The molecule has 1 aromatic heterocycles. The first-order valence-electron chi connectivity index (χ1n) is 14.8. The topological polar surface area (TPSA) is 125 Å². The first kappa shape index (κ1) is 31.3. The number of carbonyl (C=O) groups excluding carboxylic acids is 2. The first-order valence-corrected chi connectivity index (χ1v) is 14.8. The third-order valence-corrected chi connectivity index (χ3v) is 7.60. The Balaban J connectivity index is 1.45. The smallest absolute Gasteiger partial charge is 0.410 e. The summed E-state index contributed by atoms with van der Waals surface area (Å²) in [6, 6.07) is 16.5. The van der Waals surface area contributed by atoms with Gasteiger partial charge >= 0.3 is 6.09 Å². The fourth-order valence-electron chi connectivity index (χ4n) is 5.37.